The van der Waals surface area contributed by atoms with Crippen LogP contribution in [0.4, 0.5) is 11.4 Å². The zero-order chi connectivity index (χ0) is 18.1. The van der Waals surface area contributed by atoms with Gasteiger partial charge in [-0.1, -0.05) is 12.1 Å². The molecule has 0 fully saturated rings. The van der Waals surface area contributed by atoms with Gasteiger partial charge in [-0.15, -0.1) is 0 Å². The van der Waals surface area contributed by atoms with Crippen molar-refractivity contribution in [2.45, 2.75) is 13.3 Å². The lowest BCUT2D eigenvalue weighted by Gasteiger charge is -2.13. The Bertz CT molecular complexity index is 704. The molecule has 2 aromatic carbocycles. The number of nitrogens with one attached hydrogen (secondary N) is 2. The molecule has 0 radical (unpaired) electrons. The molecule has 0 aromatic heterocycles. The molecule has 0 atom stereocenters. The van der Waals surface area contributed by atoms with Crippen LogP contribution in [0.2, 0.25) is 0 Å². The zero-order valence-electron chi connectivity index (χ0n) is 14.8. The third-order valence-electron chi connectivity index (χ3n) is 3.54. The van der Waals surface area contributed by atoms with Crippen LogP contribution < -0.4 is 24.8 Å². The lowest BCUT2D eigenvalue weighted by Crippen LogP contribution is -2.17. The fourth-order valence-electron chi connectivity index (χ4n) is 2.32. The average molecular weight is 344 g/mol. The van der Waals surface area contributed by atoms with E-state index in [1.54, 1.807) is 20.3 Å². The Balaban J connectivity index is 1.89. The Hall–Kier alpha value is -2.89. The van der Waals surface area contributed by atoms with Gasteiger partial charge in [0.2, 0.25) is 5.91 Å². The van der Waals surface area contributed by atoms with E-state index in [0.717, 1.165) is 5.69 Å². The monoisotopic (exact) mass is 344 g/mol. The fraction of sp³-hybridized carbons (Fsp3) is 0.316. The lowest BCUT2D eigenvalue weighted by atomic mass is 10.2. The molecule has 0 aliphatic rings. The molecule has 0 bridgehead atoms. The number of methoxy groups -OCH3 is 2. The van der Waals surface area contributed by atoms with Crippen LogP contribution in [0.5, 0.6) is 17.2 Å². The number of carbonyl (C=O) groups is 1. The van der Waals surface area contributed by atoms with Crippen molar-refractivity contribution >= 4 is 17.3 Å². The first-order chi connectivity index (χ1) is 12.2. The van der Waals surface area contributed by atoms with Crippen molar-refractivity contribution in [3.8, 4) is 17.2 Å². The van der Waals surface area contributed by atoms with E-state index in [9.17, 15) is 4.79 Å². The molecule has 2 rings (SSSR count). The second-order valence-corrected chi connectivity index (χ2v) is 5.22. The third-order valence-corrected chi connectivity index (χ3v) is 3.54. The number of carbonyl (C=O) groups excluding carboxylic acids is 1. The van der Waals surface area contributed by atoms with Crippen molar-refractivity contribution in [2.24, 2.45) is 0 Å². The molecular weight excluding hydrogens is 320 g/mol. The van der Waals surface area contributed by atoms with Crippen LogP contribution in [0.3, 0.4) is 0 Å². The first-order valence-corrected chi connectivity index (χ1v) is 8.15. The largest absolute Gasteiger partial charge is 0.497 e. The topological polar surface area (TPSA) is 68.8 Å². The van der Waals surface area contributed by atoms with Crippen LogP contribution in [0.1, 0.15) is 13.3 Å². The molecule has 1 amide bonds. The van der Waals surface area contributed by atoms with Crippen molar-refractivity contribution in [1.29, 1.82) is 0 Å². The van der Waals surface area contributed by atoms with E-state index in [1.807, 2.05) is 43.3 Å². The molecule has 0 aliphatic carbocycles. The second-order valence-electron chi connectivity index (χ2n) is 5.22. The van der Waals surface area contributed by atoms with Gasteiger partial charge < -0.3 is 24.8 Å². The number of benzene rings is 2. The van der Waals surface area contributed by atoms with E-state index < -0.39 is 0 Å². The van der Waals surface area contributed by atoms with Gasteiger partial charge in [-0.05, 0) is 31.2 Å². The molecule has 0 spiro atoms. The van der Waals surface area contributed by atoms with E-state index in [0.29, 0.717) is 42.5 Å². The maximum Gasteiger partial charge on any atom is 0.226 e. The van der Waals surface area contributed by atoms with Crippen molar-refractivity contribution in [3.63, 3.8) is 0 Å². The van der Waals surface area contributed by atoms with Crippen LogP contribution in [0, 0.1) is 0 Å². The summed E-state index contributed by atoms with van der Waals surface area (Å²) in [5.41, 5.74) is 1.49. The minimum Gasteiger partial charge on any atom is -0.497 e. The smallest absolute Gasteiger partial charge is 0.226 e. The molecule has 2 aromatic rings. The van der Waals surface area contributed by atoms with Crippen molar-refractivity contribution in [3.05, 3.63) is 42.5 Å². The van der Waals surface area contributed by atoms with E-state index in [4.69, 9.17) is 14.2 Å². The van der Waals surface area contributed by atoms with Gasteiger partial charge >= 0.3 is 0 Å². The number of ether oxygens (including phenoxy) is 3. The van der Waals surface area contributed by atoms with Gasteiger partial charge in [0.15, 0.2) is 0 Å². The van der Waals surface area contributed by atoms with E-state index in [1.165, 1.54) is 0 Å². The quantitative estimate of drug-likeness (QED) is 0.728. The Morgan fingerprint density at radius 1 is 1.00 bits per heavy atom. The molecule has 0 heterocycles. The van der Waals surface area contributed by atoms with Crippen LogP contribution in [0.25, 0.3) is 0 Å². The second kappa shape index (κ2) is 9.42. The van der Waals surface area contributed by atoms with E-state index >= 15 is 0 Å². The van der Waals surface area contributed by atoms with Gasteiger partial charge in [0.1, 0.15) is 17.2 Å². The first kappa shape index (κ1) is 18.4. The first-order valence-electron chi connectivity index (χ1n) is 8.15. The number of anilines is 2. The summed E-state index contributed by atoms with van der Waals surface area (Å²) in [4.78, 5) is 12.2. The molecular formula is C19H24N2O4. The summed E-state index contributed by atoms with van der Waals surface area (Å²) in [7, 11) is 3.20. The molecule has 134 valence electrons. The molecule has 0 aliphatic heterocycles. The van der Waals surface area contributed by atoms with E-state index in [-0.39, 0.29) is 5.91 Å². The molecule has 0 saturated carbocycles. The number of hydrogen-bond acceptors (Lipinski definition) is 5. The van der Waals surface area contributed by atoms with Crippen LogP contribution in [-0.4, -0.2) is 33.3 Å². The number of rotatable bonds is 9. The van der Waals surface area contributed by atoms with Gasteiger partial charge in [0.05, 0.1) is 32.2 Å². The Morgan fingerprint density at radius 2 is 1.80 bits per heavy atom. The highest BCUT2D eigenvalue weighted by Gasteiger charge is 2.09. The summed E-state index contributed by atoms with van der Waals surface area (Å²) in [5.74, 6) is 1.96. The molecule has 6 nitrogen and oxygen atoms in total. The highest BCUT2D eigenvalue weighted by Crippen LogP contribution is 2.29. The third kappa shape index (κ3) is 5.31. The van der Waals surface area contributed by atoms with Gasteiger partial charge in [-0.3, -0.25) is 4.79 Å². The van der Waals surface area contributed by atoms with Crippen molar-refractivity contribution < 1.29 is 19.0 Å². The maximum absolute atomic E-state index is 12.2. The minimum atomic E-state index is -0.0906. The van der Waals surface area contributed by atoms with Gasteiger partial charge in [-0.2, -0.15) is 0 Å². The Labute approximate surface area is 148 Å². The number of para-hydroxylation sites is 2. The van der Waals surface area contributed by atoms with Gasteiger partial charge in [-0.25, -0.2) is 0 Å². The number of amides is 1. The fourth-order valence-corrected chi connectivity index (χ4v) is 2.32. The summed E-state index contributed by atoms with van der Waals surface area (Å²) in [6.45, 7) is 2.93. The summed E-state index contributed by atoms with van der Waals surface area (Å²) >= 11 is 0. The maximum atomic E-state index is 12.2. The molecule has 6 heteroatoms. The van der Waals surface area contributed by atoms with Crippen molar-refractivity contribution in [1.82, 2.24) is 0 Å². The summed E-state index contributed by atoms with van der Waals surface area (Å²) in [6, 6.07) is 12.9. The zero-order valence-corrected chi connectivity index (χ0v) is 14.8. The predicted molar refractivity (Wildman–Crippen MR) is 98.9 cm³/mol. The lowest BCUT2D eigenvalue weighted by molar-refractivity contribution is -0.116. The molecule has 2 N–H and O–H groups in total. The summed E-state index contributed by atoms with van der Waals surface area (Å²) in [5, 5.41) is 6.07. The van der Waals surface area contributed by atoms with Crippen molar-refractivity contribution in [2.75, 3.05) is 38.0 Å². The van der Waals surface area contributed by atoms with Gasteiger partial charge in [0.25, 0.3) is 0 Å². The highest BCUT2D eigenvalue weighted by atomic mass is 16.5. The predicted octanol–water partition coefficient (Wildman–Crippen LogP) is 3.54. The highest BCUT2D eigenvalue weighted by molar-refractivity contribution is 5.92. The van der Waals surface area contributed by atoms with Crippen LogP contribution in [0.15, 0.2) is 42.5 Å². The van der Waals surface area contributed by atoms with Crippen LogP contribution in [-0.2, 0) is 4.79 Å². The molecule has 0 saturated heterocycles. The average Bonchev–Trinajstić information content (AvgIpc) is 2.63. The summed E-state index contributed by atoms with van der Waals surface area (Å²) < 4.78 is 16.0. The van der Waals surface area contributed by atoms with Gasteiger partial charge in [0, 0.05) is 19.0 Å². The normalized spacial score (nSPS) is 10.0. The standard InChI is InChI=1S/C19H24N2O4/c1-4-25-17-8-6-5-7-16(17)21-19(22)11-12-20-15-10-9-14(23-2)13-18(15)24-3/h5-10,13,20H,4,11-12H2,1-3H3,(H,21,22). The Kier molecular flexibility index (Phi) is 6.95. The minimum absolute atomic E-state index is 0.0906. The SMILES string of the molecule is CCOc1ccccc1NC(=O)CCNc1ccc(OC)cc1OC. The summed E-state index contributed by atoms with van der Waals surface area (Å²) in [6.07, 6.45) is 0.315. The molecule has 25 heavy (non-hydrogen) atoms. The Morgan fingerprint density at radius 3 is 2.52 bits per heavy atom. The van der Waals surface area contributed by atoms with Crippen LogP contribution >= 0.6 is 0 Å². The molecule has 0 unspecified atom stereocenters. The van der Waals surface area contributed by atoms with E-state index in [2.05, 4.69) is 10.6 Å². The number of hydrogen-bond donors (Lipinski definition) is 2.